The molecule has 0 unspecified atom stereocenters. The molecule has 132 valence electrons. The average molecular weight is 381 g/mol. The predicted octanol–water partition coefficient (Wildman–Crippen LogP) is 4.43. The second-order valence-corrected chi connectivity index (χ2v) is 8.28. The number of benzene rings is 2. The lowest BCUT2D eigenvalue weighted by atomic mass is 10.1. The quantitative estimate of drug-likeness (QED) is 0.468. The number of fused-ring (bicyclic) bond motifs is 1. The van der Waals surface area contributed by atoms with Gasteiger partial charge in [0.25, 0.3) is 5.56 Å². The first-order valence-corrected chi connectivity index (χ1v) is 10.8. The number of nitrogens with zero attached hydrogens (tertiary/aromatic N) is 2. The molecule has 0 atom stereocenters. The molecule has 0 amide bonds. The van der Waals surface area contributed by atoms with Gasteiger partial charge in [-0.05, 0) is 17.5 Å². The summed E-state index contributed by atoms with van der Waals surface area (Å²) < 4.78 is 1.87. The maximum atomic E-state index is 13.0. The van der Waals surface area contributed by atoms with Crippen LogP contribution in [0.15, 0.2) is 75.5 Å². The zero-order chi connectivity index (χ0) is 17.8. The molecule has 0 saturated heterocycles. The monoisotopic (exact) mass is 380 g/mol. The Morgan fingerprint density at radius 2 is 1.69 bits per heavy atom. The van der Waals surface area contributed by atoms with Crippen LogP contribution in [0.3, 0.4) is 0 Å². The minimum Gasteiger partial charge on any atom is -0.286 e. The van der Waals surface area contributed by atoms with Crippen LogP contribution in [0.4, 0.5) is 0 Å². The molecular formula is C21H20N2OS2. The zero-order valence-corrected chi connectivity index (χ0v) is 16.1. The van der Waals surface area contributed by atoms with E-state index < -0.39 is 0 Å². The van der Waals surface area contributed by atoms with Crippen molar-refractivity contribution in [3.63, 3.8) is 0 Å². The van der Waals surface area contributed by atoms with Crippen LogP contribution in [0.25, 0.3) is 0 Å². The smallest absolute Gasteiger partial charge is 0.268 e. The Hall–Kier alpha value is -1.98. The number of hydrogen-bond acceptors (Lipinski definition) is 4. The minimum atomic E-state index is 0.129. The highest BCUT2D eigenvalue weighted by atomic mass is 32.2. The number of aryl methyl sites for hydroxylation is 2. The highest BCUT2D eigenvalue weighted by molar-refractivity contribution is 7.99. The van der Waals surface area contributed by atoms with E-state index in [0.717, 1.165) is 40.1 Å². The molecule has 1 aromatic heterocycles. The second kappa shape index (κ2) is 8.14. The van der Waals surface area contributed by atoms with Crippen LogP contribution in [-0.2, 0) is 25.1 Å². The summed E-state index contributed by atoms with van der Waals surface area (Å²) in [5, 5.41) is 0.844. The van der Waals surface area contributed by atoms with Gasteiger partial charge in [-0.3, -0.25) is 9.36 Å². The highest BCUT2D eigenvalue weighted by Gasteiger charge is 2.21. The molecule has 3 aromatic rings. The summed E-state index contributed by atoms with van der Waals surface area (Å²) in [5.41, 5.74) is 3.60. The van der Waals surface area contributed by atoms with Crippen LogP contribution in [0.1, 0.15) is 16.8 Å². The third-order valence-corrected chi connectivity index (χ3v) is 6.58. The first-order valence-electron chi connectivity index (χ1n) is 8.78. The Morgan fingerprint density at radius 3 is 2.42 bits per heavy atom. The van der Waals surface area contributed by atoms with E-state index in [1.807, 2.05) is 41.0 Å². The topological polar surface area (TPSA) is 34.9 Å². The van der Waals surface area contributed by atoms with E-state index in [0.29, 0.717) is 6.54 Å². The van der Waals surface area contributed by atoms with E-state index in [9.17, 15) is 4.79 Å². The number of thioether (sulfide) groups is 2. The van der Waals surface area contributed by atoms with Crippen LogP contribution in [0.2, 0.25) is 0 Å². The maximum Gasteiger partial charge on any atom is 0.268 e. The largest absolute Gasteiger partial charge is 0.286 e. The predicted molar refractivity (Wildman–Crippen MR) is 109 cm³/mol. The van der Waals surface area contributed by atoms with Gasteiger partial charge in [0.1, 0.15) is 0 Å². The zero-order valence-electron chi connectivity index (χ0n) is 14.4. The normalized spacial score (nSPS) is 12.9. The van der Waals surface area contributed by atoms with Crippen LogP contribution in [0, 0.1) is 0 Å². The summed E-state index contributed by atoms with van der Waals surface area (Å²) in [6, 6.07) is 20.7. The molecule has 4 rings (SSSR count). The third kappa shape index (κ3) is 3.89. The molecule has 1 aliphatic rings. The van der Waals surface area contributed by atoms with E-state index in [4.69, 9.17) is 4.98 Å². The summed E-state index contributed by atoms with van der Waals surface area (Å²) in [6.45, 7) is 0.667. The first-order chi connectivity index (χ1) is 12.8. The van der Waals surface area contributed by atoms with Crippen molar-refractivity contribution in [1.29, 1.82) is 0 Å². The summed E-state index contributed by atoms with van der Waals surface area (Å²) in [4.78, 5) is 18.7. The van der Waals surface area contributed by atoms with Gasteiger partial charge in [-0.25, -0.2) is 4.98 Å². The van der Waals surface area contributed by atoms with Crippen molar-refractivity contribution in [2.75, 3.05) is 5.75 Å². The molecular weight excluding hydrogens is 360 g/mol. The highest BCUT2D eigenvalue weighted by Crippen LogP contribution is 2.29. The van der Waals surface area contributed by atoms with Crippen LogP contribution in [-0.4, -0.2) is 15.3 Å². The molecule has 0 aliphatic carbocycles. The summed E-state index contributed by atoms with van der Waals surface area (Å²) in [7, 11) is 0. The lowest BCUT2D eigenvalue weighted by molar-refractivity contribution is 0.565. The molecule has 2 heterocycles. The molecule has 0 fully saturated rings. The number of aromatic nitrogens is 2. The van der Waals surface area contributed by atoms with Gasteiger partial charge in [-0.2, -0.15) is 0 Å². The molecule has 0 spiro atoms. The van der Waals surface area contributed by atoms with E-state index in [2.05, 4.69) is 24.3 Å². The minimum absolute atomic E-state index is 0.129. The molecule has 0 radical (unpaired) electrons. The fourth-order valence-corrected chi connectivity index (χ4v) is 5.08. The van der Waals surface area contributed by atoms with Crippen molar-refractivity contribution in [2.45, 2.75) is 35.2 Å². The van der Waals surface area contributed by atoms with Crippen molar-refractivity contribution in [3.05, 3.63) is 87.8 Å². The van der Waals surface area contributed by atoms with Gasteiger partial charge in [0, 0.05) is 24.5 Å². The van der Waals surface area contributed by atoms with Gasteiger partial charge < -0.3 is 0 Å². The molecule has 5 heteroatoms. The maximum absolute atomic E-state index is 13.0. The van der Waals surface area contributed by atoms with E-state index >= 15 is 0 Å². The summed E-state index contributed by atoms with van der Waals surface area (Å²) in [5.74, 6) is 1.79. The van der Waals surface area contributed by atoms with Crippen molar-refractivity contribution < 1.29 is 0 Å². The molecule has 0 N–H and O–H groups in total. The van der Waals surface area contributed by atoms with E-state index in [1.165, 1.54) is 11.1 Å². The van der Waals surface area contributed by atoms with Crippen LogP contribution < -0.4 is 5.56 Å². The van der Waals surface area contributed by atoms with Crippen molar-refractivity contribution in [3.8, 4) is 0 Å². The Balaban J connectivity index is 1.61. The number of rotatable bonds is 6. The lowest BCUT2D eigenvalue weighted by Crippen LogP contribution is -2.26. The van der Waals surface area contributed by atoms with Crippen molar-refractivity contribution in [1.82, 2.24) is 9.55 Å². The number of hydrogen-bond donors (Lipinski definition) is 0. The van der Waals surface area contributed by atoms with Crippen molar-refractivity contribution >= 4 is 23.5 Å². The van der Waals surface area contributed by atoms with E-state index in [-0.39, 0.29) is 5.56 Å². The molecule has 0 saturated carbocycles. The fourth-order valence-electron chi connectivity index (χ4n) is 3.04. The van der Waals surface area contributed by atoms with Gasteiger partial charge in [0.05, 0.1) is 10.6 Å². The third-order valence-electron chi connectivity index (χ3n) is 4.43. The Kier molecular flexibility index (Phi) is 5.46. The lowest BCUT2D eigenvalue weighted by Gasteiger charge is -2.14. The Bertz CT molecular complexity index is 939. The van der Waals surface area contributed by atoms with Crippen LogP contribution >= 0.6 is 23.5 Å². The van der Waals surface area contributed by atoms with Gasteiger partial charge >= 0.3 is 0 Å². The van der Waals surface area contributed by atoms with Crippen molar-refractivity contribution in [2.24, 2.45) is 0 Å². The summed E-state index contributed by atoms with van der Waals surface area (Å²) >= 11 is 3.31. The first kappa shape index (κ1) is 17.4. The Morgan fingerprint density at radius 1 is 1.00 bits per heavy atom. The average Bonchev–Trinajstić information content (AvgIpc) is 3.16. The summed E-state index contributed by atoms with van der Waals surface area (Å²) in [6.07, 6.45) is 1.73. The Labute approximate surface area is 161 Å². The second-order valence-electron chi connectivity index (χ2n) is 6.24. The molecule has 1 aliphatic heterocycles. The SMILES string of the molecule is O=c1c2c(nc(SCc3ccccc3)n1CCc1ccccc1)CCS2. The molecule has 3 nitrogen and oxygen atoms in total. The fraction of sp³-hybridized carbons (Fsp3) is 0.238. The molecule has 2 aromatic carbocycles. The van der Waals surface area contributed by atoms with Gasteiger partial charge in [0.2, 0.25) is 0 Å². The van der Waals surface area contributed by atoms with Gasteiger partial charge in [-0.1, -0.05) is 72.4 Å². The molecule has 0 bridgehead atoms. The van der Waals surface area contributed by atoms with E-state index in [1.54, 1.807) is 23.5 Å². The van der Waals surface area contributed by atoms with Crippen LogP contribution in [0.5, 0.6) is 0 Å². The van der Waals surface area contributed by atoms with Gasteiger partial charge in [0.15, 0.2) is 5.16 Å². The molecule has 26 heavy (non-hydrogen) atoms. The standard InChI is InChI=1S/C21H20N2OS2/c24-20-19-18(12-14-25-19)22-21(26-15-17-9-5-2-6-10-17)23(20)13-11-16-7-3-1-4-8-16/h1-10H,11-15H2. The van der Waals surface area contributed by atoms with Gasteiger partial charge in [-0.15, -0.1) is 11.8 Å².